The lowest BCUT2D eigenvalue weighted by Crippen LogP contribution is -2.56. The molecule has 6 heteroatoms. The van der Waals surface area contributed by atoms with E-state index in [1.54, 1.807) is 6.20 Å². The van der Waals surface area contributed by atoms with Crippen LogP contribution in [0.25, 0.3) is 16.7 Å². The van der Waals surface area contributed by atoms with Crippen LogP contribution in [0, 0.1) is 11.3 Å². The minimum Gasteiger partial charge on any atom is -0.448 e. The lowest BCUT2D eigenvalue weighted by molar-refractivity contribution is -0.0331. The van der Waals surface area contributed by atoms with Gasteiger partial charge in [-0.25, -0.2) is 9.78 Å². The number of aromatic nitrogens is 1. The van der Waals surface area contributed by atoms with E-state index in [1.165, 1.54) is 22.3 Å². The summed E-state index contributed by atoms with van der Waals surface area (Å²) < 4.78 is 11.7. The van der Waals surface area contributed by atoms with Crippen LogP contribution in [0.2, 0.25) is 0 Å². The largest absolute Gasteiger partial charge is 0.448 e. The first-order valence-corrected chi connectivity index (χ1v) is 11.5. The number of carbonyl (C=O) groups excluding carboxylic acids is 1. The van der Waals surface area contributed by atoms with Gasteiger partial charge in [0.1, 0.15) is 18.4 Å². The summed E-state index contributed by atoms with van der Waals surface area (Å²) in [5.74, 6) is 0.0249. The van der Waals surface area contributed by atoms with Gasteiger partial charge in [0.05, 0.1) is 25.3 Å². The predicted molar refractivity (Wildman–Crippen MR) is 127 cm³/mol. The Labute approximate surface area is 198 Å². The highest BCUT2D eigenvalue weighted by molar-refractivity contribution is 5.79. The van der Waals surface area contributed by atoms with Crippen molar-refractivity contribution in [3.05, 3.63) is 95.3 Å². The lowest BCUT2D eigenvalue weighted by atomic mass is 9.89. The van der Waals surface area contributed by atoms with E-state index >= 15 is 0 Å². The van der Waals surface area contributed by atoms with Gasteiger partial charge < -0.3 is 9.47 Å². The van der Waals surface area contributed by atoms with E-state index in [4.69, 9.17) is 9.47 Å². The van der Waals surface area contributed by atoms with Crippen molar-refractivity contribution in [3.8, 4) is 17.2 Å². The number of carbonyl (C=O) groups is 1. The normalized spacial score (nSPS) is 20.7. The fourth-order valence-electron chi connectivity index (χ4n) is 5.50. The summed E-state index contributed by atoms with van der Waals surface area (Å²) in [5, 5.41) is 9.46. The maximum Gasteiger partial charge on any atom is 0.410 e. The number of pyridine rings is 1. The topological polar surface area (TPSA) is 75.5 Å². The van der Waals surface area contributed by atoms with E-state index in [-0.39, 0.29) is 24.1 Å². The predicted octanol–water partition coefficient (Wildman–Crippen LogP) is 4.76. The molecule has 3 heterocycles. The summed E-state index contributed by atoms with van der Waals surface area (Å²) >= 11 is 0. The van der Waals surface area contributed by atoms with E-state index in [0.717, 1.165) is 11.1 Å². The standard InChI is InChI=1S/C28H23N3O3/c29-14-27-21(10-5-11-30-27)18-12-19-15-33-16-20(13-18)31(19)28(32)34-17-26-24-8-3-1-6-22(24)23-7-2-4-9-25(23)26/h1-12,19-20,26H,13,15-17H2. The third kappa shape index (κ3) is 3.37. The highest BCUT2D eigenvalue weighted by Crippen LogP contribution is 2.44. The number of nitrogens with zero attached hydrogens (tertiary/aromatic N) is 3. The second-order valence-electron chi connectivity index (χ2n) is 8.88. The van der Waals surface area contributed by atoms with Crippen LogP contribution in [0.1, 0.15) is 34.7 Å². The molecule has 2 aromatic carbocycles. The number of rotatable bonds is 3. The van der Waals surface area contributed by atoms with Crippen LogP contribution < -0.4 is 0 Å². The molecule has 3 aromatic rings. The molecule has 2 atom stereocenters. The van der Waals surface area contributed by atoms with Crippen LogP contribution in [-0.4, -0.2) is 47.9 Å². The van der Waals surface area contributed by atoms with E-state index in [0.29, 0.717) is 31.9 Å². The molecule has 2 aliphatic heterocycles. The molecule has 0 spiro atoms. The first-order chi connectivity index (χ1) is 16.7. The van der Waals surface area contributed by atoms with Crippen molar-refractivity contribution in [1.29, 1.82) is 5.26 Å². The number of ether oxygens (including phenoxy) is 2. The maximum atomic E-state index is 13.3. The minimum absolute atomic E-state index is 0.0249. The van der Waals surface area contributed by atoms with Crippen molar-refractivity contribution in [3.63, 3.8) is 0 Å². The Morgan fingerprint density at radius 2 is 1.74 bits per heavy atom. The number of morpholine rings is 1. The fourth-order valence-corrected chi connectivity index (χ4v) is 5.50. The van der Waals surface area contributed by atoms with E-state index in [2.05, 4.69) is 35.3 Å². The molecule has 6 nitrogen and oxygen atoms in total. The van der Waals surface area contributed by atoms with Crippen LogP contribution in [-0.2, 0) is 9.47 Å². The summed E-state index contributed by atoms with van der Waals surface area (Å²) in [4.78, 5) is 19.3. The van der Waals surface area contributed by atoms with Crippen molar-refractivity contribution >= 4 is 11.7 Å². The molecule has 0 N–H and O–H groups in total. The first-order valence-electron chi connectivity index (χ1n) is 11.5. The highest BCUT2D eigenvalue weighted by Gasteiger charge is 2.40. The number of hydrogen-bond donors (Lipinski definition) is 0. The molecular weight excluding hydrogens is 426 g/mol. The average molecular weight is 450 g/mol. The Morgan fingerprint density at radius 3 is 2.44 bits per heavy atom. The highest BCUT2D eigenvalue weighted by atomic mass is 16.6. The molecule has 3 aliphatic rings. The Hall–Kier alpha value is -3.95. The van der Waals surface area contributed by atoms with Gasteiger partial charge >= 0.3 is 6.09 Å². The van der Waals surface area contributed by atoms with Crippen LogP contribution in [0.4, 0.5) is 4.79 Å². The van der Waals surface area contributed by atoms with Gasteiger partial charge in [-0.2, -0.15) is 5.26 Å². The summed E-state index contributed by atoms with van der Waals surface area (Å²) in [6.45, 7) is 1.15. The summed E-state index contributed by atoms with van der Waals surface area (Å²) in [6.07, 6.45) is 3.93. The van der Waals surface area contributed by atoms with Crippen molar-refractivity contribution < 1.29 is 14.3 Å². The molecule has 2 bridgehead atoms. The number of hydrogen-bond acceptors (Lipinski definition) is 5. The van der Waals surface area contributed by atoms with Gasteiger partial charge in [0.25, 0.3) is 0 Å². The molecule has 1 fully saturated rings. The zero-order chi connectivity index (χ0) is 23.1. The SMILES string of the molecule is N#Cc1ncccc1C1=CC2COCC(C1)N2C(=O)OCC1c2ccccc2-c2ccccc21. The fraction of sp³-hybridized carbons (Fsp3) is 0.250. The number of nitriles is 1. The van der Waals surface area contributed by atoms with Gasteiger partial charge in [-0.15, -0.1) is 0 Å². The second kappa shape index (κ2) is 8.44. The minimum atomic E-state index is -0.317. The Morgan fingerprint density at radius 1 is 1.03 bits per heavy atom. The van der Waals surface area contributed by atoms with Crippen molar-refractivity contribution in [2.24, 2.45) is 0 Å². The maximum absolute atomic E-state index is 13.3. The van der Waals surface area contributed by atoms with Crippen molar-refractivity contribution in [1.82, 2.24) is 9.88 Å². The van der Waals surface area contributed by atoms with Crippen LogP contribution in [0.3, 0.4) is 0 Å². The molecule has 1 aliphatic carbocycles. The second-order valence-corrected chi connectivity index (χ2v) is 8.88. The molecule has 2 unspecified atom stereocenters. The molecular formula is C28H23N3O3. The zero-order valence-electron chi connectivity index (χ0n) is 18.6. The molecule has 1 saturated heterocycles. The third-order valence-corrected chi connectivity index (χ3v) is 7.01. The summed E-state index contributed by atoms with van der Waals surface area (Å²) in [5.41, 5.74) is 7.07. The molecule has 1 amide bonds. The van der Waals surface area contributed by atoms with Crippen LogP contribution in [0.5, 0.6) is 0 Å². The van der Waals surface area contributed by atoms with E-state index in [9.17, 15) is 10.1 Å². The molecule has 0 radical (unpaired) electrons. The van der Waals surface area contributed by atoms with Crippen LogP contribution >= 0.6 is 0 Å². The number of benzene rings is 2. The Balaban J connectivity index is 1.23. The molecule has 6 rings (SSSR count). The monoisotopic (exact) mass is 449 g/mol. The van der Waals surface area contributed by atoms with E-state index < -0.39 is 0 Å². The Kier molecular flexibility index (Phi) is 5.12. The molecule has 168 valence electrons. The third-order valence-electron chi connectivity index (χ3n) is 7.01. The van der Waals surface area contributed by atoms with Gasteiger partial charge in [0.2, 0.25) is 0 Å². The Bertz CT molecular complexity index is 1300. The quantitative estimate of drug-likeness (QED) is 0.576. The van der Waals surface area contributed by atoms with E-state index in [1.807, 2.05) is 47.4 Å². The van der Waals surface area contributed by atoms with Gasteiger partial charge in [0.15, 0.2) is 0 Å². The molecule has 1 aromatic heterocycles. The van der Waals surface area contributed by atoms with Gasteiger partial charge in [-0.3, -0.25) is 4.90 Å². The lowest BCUT2D eigenvalue weighted by Gasteiger charge is -2.44. The first kappa shape index (κ1) is 20.6. The van der Waals surface area contributed by atoms with Crippen LogP contribution in [0.15, 0.2) is 72.9 Å². The van der Waals surface area contributed by atoms with Gasteiger partial charge in [0, 0.05) is 17.7 Å². The van der Waals surface area contributed by atoms with Gasteiger partial charge in [-0.1, -0.05) is 60.7 Å². The smallest absolute Gasteiger partial charge is 0.410 e. The molecule has 34 heavy (non-hydrogen) atoms. The average Bonchev–Trinajstić information content (AvgIpc) is 3.20. The number of amides is 1. The number of fused-ring (bicyclic) bond motifs is 5. The molecule has 0 saturated carbocycles. The van der Waals surface area contributed by atoms with Crippen molar-refractivity contribution in [2.45, 2.75) is 24.4 Å². The van der Waals surface area contributed by atoms with Crippen molar-refractivity contribution in [2.75, 3.05) is 19.8 Å². The summed E-state index contributed by atoms with van der Waals surface area (Å²) in [6, 6.07) is 22.2. The summed E-state index contributed by atoms with van der Waals surface area (Å²) in [7, 11) is 0. The zero-order valence-corrected chi connectivity index (χ0v) is 18.6. The van der Waals surface area contributed by atoms with Gasteiger partial charge in [-0.05, 0) is 40.3 Å².